The lowest BCUT2D eigenvalue weighted by Gasteiger charge is -2.26. The summed E-state index contributed by atoms with van der Waals surface area (Å²) in [7, 11) is 1.84. The quantitative estimate of drug-likeness (QED) is 0.857. The molecule has 0 fully saturated rings. The van der Waals surface area contributed by atoms with Crippen LogP contribution in [0.4, 0.5) is 0 Å². The Bertz CT molecular complexity index is 522. The highest BCUT2D eigenvalue weighted by molar-refractivity contribution is 5.97. The van der Waals surface area contributed by atoms with Crippen molar-refractivity contribution in [3.63, 3.8) is 0 Å². The largest absolute Gasteiger partial charge is 0.384 e. The summed E-state index contributed by atoms with van der Waals surface area (Å²) in [4.78, 5) is 14.4. The van der Waals surface area contributed by atoms with Crippen LogP contribution in [-0.2, 0) is 0 Å². The van der Waals surface area contributed by atoms with Crippen LogP contribution in [0, 0.1) is 18.8 Å². The summed E-state index contributed by atoms with van der Waals surface area (Å²) in [5.74, 6) is 5.45. The number of carbonyl (C=O) groups excluding carboxylic acids is 1. The van der Waals surface area contributed by atoms with Gasteiger partial charge in [-0.1, -0.05) is 37.3 Å². The van der Waals surface area contributed by atoms with Crippen molar-refractivity contribution < 1.29 is 9.90 Å². The summed E-state index contributed by atoms with van der Waals surface area (Å²) in [5.41, 5.74) is 2.31. The van der Waals surface area contributed by atoms with E-state index in [0.717, 1.165) is 18.4 Å². The van der Waals surface area contributed by atoms with Crippen LogP contribution in [0.25, 0.3) is 0 Å². The van der Waals surface area contributed by atoms with E-state index < -0.39 is 0 Å². The maximum atomic E-state index is 12.6. The summed E-state index contributed by atoms with van der Waals surface area (Å²) in [6, 6.07) is 5.87. The van der Waals surface area contributed by atoms with Gasteiger partial charge in [0, 0.05) is 18.7 Å². The van der Waals surface area contributed by atoms with Crippen molar-refractivity contribution in [3.05, 3.63) is 34.9 Å². The van der Waals surface area contributed by atoms with Gasteiger partial charge in [-0.2, -0.15) is 0 Å². The fourth-order valence-corrected chi connectivity index (χ4v) is 2.27. The number of aliphatic hydroxyl groups excluding tert-OH is 1. The van der Waals surface area contributed by atoms with Crippen LogP contribution in [0.2, 0.25) is 0 Å². The molecule has 0 unspecified atom stereocenters. The van der Waals surface area contributed by atoms with Crippen molar-refractivity contribution in [2.45, 2.75) is 39.7 Å². The molecule has 1 aromatic carbocycles. The van der Waals surface area contributed by atoms with Crippen molar-refractivity contribution >= 4 is 5.91 Å². The molecule has 0 aliphatic rings. The molecule has 20 heavy (non-hydrogen) atoms. The molecule has 1 N–H and O–H groups in total. The zero-order valence-electron chi connectivity index (χ0n) is 12.7. The maximum absolute atomic E-state index is 12.6. The molecule has 1 aromatic rings. The Kier molecular flexibility index (Phi) is 6.27. The second kappa shape index (κ2) is 7.72. The van der Waals surface area contributed by atoms with Gasteiger partial charge in [-0.25, -0.2) is 0 Å². The molecule has 0 atom stereocenters. The van der Waals surface area contributed by atoms with Gasteiger partial charge in [-0.05, 0) is 31.9 Å². The van der Waals surface area contributed by atoms with E-state index in [1.807, 2.05) is 32.2 Å². The third kappa shape index (κ3) is 3.85. The minimum atomic E-state index is -0.204. The van der Waals surface area contributed by atoms with Gasteiger partial charge >= 0.3 is 0 Å². The molecule has 3 heteroatoms. The normalized spacial score (nSPS) is 10.1. The molecule has 3 nitrogen and oxygen atoms in total. The Morgan fingerprint density at radius 2 is 2.00 bits per heavy atom. The van der Waals surface area contributed by atoms with Crippen LogP contribution in [0.3, 0.4) is 0 Å². The van der Waals surface area contributed by atoms with Crippen molar-refractivity contribution in [2.75, 3.05) is 13.7 Å². The fraction of sp³-hybridized carbons (Fsp3) is 0.471. The number of rotatable bonds is 4. The molecule has 0 aliphatic heterocycles. The number of amides is 1. The molecule has 0 saturated carbocycles. The number of hydrogen-bond donors (Lipinski definition) is 1. The van der Waals surface area contributed by atoms with Gasteiger partial charge in [-0.15, -0.1) is 0 Å². The van der Waals surface area contributed by atoms with Crippen molar-refractivity contribution in [1.82, 2.24) is 4.90 Å². The summed E-state index contributed by atoms with van der Waals surface area (Å²) in [6.45, 7) is 5.92. The first kappa shape index (κ1) is 16.3. The third-order valence-corrected chi connectivity index (χ3v) is 3.52. The Balaban J connectivity index is 3.16. The summed E-state index contributed by atoms with van der Waals surface area (Å²) in [6.07, 6.45) is 1.87. The summed E-state index contributed by atoms with van der Waals surface area (Å²) < 4.78 is 0. The summed E-state index contributed by atoms with van der Waals surface area (Å²) in [5, 5.41) is 8.82. The number of carbonyl (C=O) groups is 1. The number of nitrogens with zero attached hydrogens (tertiary/aromatic N) is 1. The zero-order chi connectivity index (χ0) is 15.1. The van der Waals surface area contributed by atoms with Crippen molar-refractivity contribution in [2.24, 2.45) is 0 Å². The van der Waals surface area contributed by atoms with E-state index in [4.69, 9.17) is 5.11 Å². The second-order valence-electron chi connectivity index (χ2n) is 4.90. The molecule has 0 heterocycles. The molecule has 0 radical (unpaired) electrons. The Hall–Kier alpha value is -1.79. The molecule has 0 aliphatic carbocycles. The van der Waals surface area contributed by atoms with E-state index in [9.17, 15) is 4.79 Å². The van der Waals surface area contributed by atoms with Crippen LogP contribution >= 0.6 is 0 Å². The van der Waals surface area contributed by atoms with Crippen LogP contribution in [0.1, 0.15) is 48.2 Å². The SMILES string of the molecule is CCC(CC)N(C)C(=O)c1cc(C)ccc1C#CCO. The van der Waals surface area contributed by atoms with Gasteiger partial charge in [-0.3, -0.25) is 4.79 Å². The lowest BCUT2D eigenvalue weighted by Crippen LogP contribution is -2.36. The molecular weight excluding hydrogens is 250 g/mol. The minimum absolute atomic E-state index is 0.00959. The molecule has 1 amide bonds. The predicted octanol–water partition coefficient (Wildman–Crippen LogP) is 2.60. The van der Waals surface area contributed by atoms with Crippen LogP contribution in [-0.4, -0.2) is 35.6 Å². The number of hydrogen-bond acceptors (Lipinski definition) is 2. The van der Waals surface area contributed by atoms with E-state index in [2.05, 4.69) is 25.7 Å². The van der Waals surface area contributed by atoms with E-state index in [-0.39, 0.29) is 18.6 Å². The minimum Gasteiger partial charge on any atom is -0.384 e. The first-order chi connectivity index (χ1) is 9.54. The van der Waals surface area contributed by atoms with Crippen LogP contribution in [0.15, 0.2) is 18.2 Å². The summed E-state index contributed by atoms with van der Waals surface area (Å²) >= 11 is 0. The molecule has 108 valence electrons. The van der Waals surface area contributed by atoms with Gasteiger partial charge in [0.2, 0.25) is 0 Å². The van der Waals surface area contributed by atoms with E-state index in [1.54, 1.807) is 4.90 Å². The Morgan fingerprint density at radius 1 is 1.35 bits per heavy atom. The van der Waals surface area contributed by atoms with Crippen LogP contribution in [0.5, 0.6) is 0 Å². The molecule has 0 saturated heterocycles. The van der Waals surface area contributed by atoms with Gasteiger partial charge < -0.3 is 10.0 Å². The lowest BCUT2D eigenvalue weighted by atomic mass is 10.0. The average molecular weight is 273 g/mol. The monoisotopic (exact) mass is 273 g/mol. The van der Waals surface area contributed by atoms with Crippen molar-refractivity contribution in [1.29, 1.82) is 0 Å². The predicted molar refractivity (Wildman–Crippen MR) is 81.6 cm³/mol. The fourth-order valence-electron chi connectivity index (χ4n) is 2.27. The molecule has 0 spiro atoms. The molecular formula is C17H23NO2. The van der Waals surface area contributed by atoms with Gasteiger partial charge in [0.15, 0.2) is 0 Å². The van der Waals surface area contributed by atoms with E-state index in [0.29, 0.717) is 11.1 Å². The number of benzene rings is 1. The standard InChI is InChI=1S/C17H23NO2/c1-5-15(6-2)18(4)17(20)16-12-13(3)9-10-14(16)8-7-11-19/h9-10,12,15,19H,5-6,11H2,1-4H3. The first-order valence-corrected chi connectivity index (χ1v) is 7.02. The topological polar surface area (TPSA) is 40.5 Å². The third-order valence-electron chi connectivity index (χ3n) is 3.52. The Morgan fingerprint density at radius 3 is 2.55 bits per heavy atom. The number of aliphatic hydroxyl groups is 1. The van der Waals surface area contributed by atoms with Crippen LogP contribution < -0.4 is 0 Å². The molecule has 0 aromatic heterocycles. The molecule has 1 rings (SSSR count). The Labute approximate surface area is 121 Å². The number of aryl methyl sites for hydroxylation is 1. The lowest BCUT2D eigenvalue weighted by molar-refractivity contribution is 0.0723. The highest BCUT2D eigenvalue weighted by atomic mass is 16.2. The van der Waals surface area contributed by atoms with E-state index in [1.165, 1.54) is 0 Å². The van der Waals surface area contributed by atoms with Gasteiger partial charge in [0.1, 0.15) is 6.61 Å². The maximum Gasteiger partial charge on any atom is 0.255 e. The smallest absolute Gasteiger partial charge is 0.255 e. The van der Waals surface area contributed by atoms with Crippen molar-refractivity contribution in [3.8, 4) is 11.8 Å². The average Bonchev–Trinajstić information content (AvgIpc) is 2.46. The first-order valence-electron chi connectivity index (χ1n) is 7.02. The molecule has 0 bridgehead atoms. The van der Waals surface area contributed by atoms with E-state index >= 15 is 0 Å². The second-order valence-corrected chi connectivity index (χ2v) is 4.90. The zero-order valence-corrected chi connectivity index (χ0v) is 12.7. The van der Waals surface area contributed by atoms with Gasteiger partial charge in [0.05, 0.1) is 5.56 Å². The van der Waals surface area contributed by atoms with Gasteiger partial charge in [0.25, 0.3) is 5.91 Å². The highest BCUT2D eigenvalue weighted by Crippen LogP contribution is 2.16. The highest BCUT2D eigenvalue weighted by Gasteiger charge is 2.20.